The van der Waals surface area contributed by atoms with Crippen LogP contribution in [0.1, 0.15) is 16.8 Å². The van der Waals surface area contributed by atoms with Crippen molar-refractivity contribution < 1.29 is 4.39 Å². The van der Waals surface area contributed by atoms with E-state index < -0.39 is 0 Å². The Hall–Kier alpha value is -3.32. The number of aromatic amines is 2. The number of nitrogens with zero attached hydrogens (tertiary/aromatic N) is 3. The fourth-order valence-corrected chi connectivity index (χ4v) is 3.80. The molecule has 0 unspecified atom stereocenters. The zero-order valence-electron chi connectivity index (χ0n) is 15.1. The molecular weight excluding hydrogens is 357 g/mol. The molecule has 0 fully saturated rings. The van der Waals surface area contributed by atoms with Gasteiger partial charge in [-0.3, -0.25) is 14.7 Å². The molecule has 0 bridgehead atoms. The molecule has 4 aromatic rings. The third-order valence-corrected chi connectivity index (χ3v) is 5.23. The molecule has 1 aliphatic heterocycles. The van der Waals surface area contributed by atoms with Crippen LogP contribution in [0, 0.1) is 5.82 Å². The predicted octanol–water partition coefficient (Wildman–Crippen LogP) is 3.01. The quantitative estimate of drug-likeness (QED) is 0.577. The maximum absolute atomic E-state index is 13.6. The minimum atomic E-state index is -0.243. The highest BCUT2D eigenvalue weighted by molar-refractivity contribution is 5.83. The fraction of sp³-hybridized carbons (Fsp3) is 0.190. The molecule has 28 heavy (non-hydrogen) atoms. The number of benzene rings is 1. The van der Waals surface area contributed by atoms with E-state index in [1.165, 1.54) is 6.07 Å². The first-order valence-electron chi connectivity index (χ1n) is 9.18. The number of nitrogens with one attached hydrogen (secondary N) is 2. The van der Waals surface area contributed by atoms with Crippen LogP contribution in [0.4, 0.5) is 4.39 Å². The van der Waals surface area contributed by atoms with Gasteiger partial charge in [-0.2, -0.15) is 0 Å². The summed E-state index contributed by atoms with van der Waals surface area (Å²) in [5.74, 6) is 0.315. The standard InChI is InChI=1S/C21H18FN5O/c22-15-1-2-18-17(9-15)14(10-24-18)11-27-8-5-16-19(12-27)25-20(26-21(16)28)13-3-6-23-7-4-13/h1-4,6-7,9-10,24H,5,8,11-12H2,(H,25,26,28). The first kappa shape index (κ1) is 16.8. The molecular formula is C21H18FN5O. The highest BCUT2D eigenvalue weighted by atomic mass is 19.1. The molecule has 5 rings (SSSR count). The zero-order valence-corrected chi connectivity index (χ0v) is 15.1. The van der Waals surface area contributed by atoms with Gasteiger partial charge in [-0.15, -0.1) is 0 Å². The van der Waals surface area contributed by atoms with Crippen molar-refractivity contribution in [2.75, 3.05) is 6.54 Å². The van der Waals surface area contributed by atoms with Crippen LogP contribution in [-0.2, 0) is 19.5 Å². The van der Waals surface area contributed by atoms with Crippen molar-refractivity contribution in [2.45, 2.75) is 19.5 Å². The molecule has 3 aromatic heterocycles. The van der Waals surface area contributed by atoms with Gasteiger partial charge in [-0.05, 0) is 42.3 Å². The molecule has 0 saturated heterocycles. The maximum Gasteiger partial charge on any atom is 0.254 e. The van der Waals surface area contributed by atoms with Gasteiger partial charge in [0.05, 0.1) is 5.69 Å². The molecule has 0 saturated carbocycles. The number of aromatic nitrogens is 4. The van der Waals surface area contributed by atoms with Crippen molar-refractivity contribution in [2.24, 2.45) is 0 Å². The number of pyridine rings is 1. The monoisotopic (exact) mass is 375 g/mol. The SMILES string of the molecule is O=c1[nH]c(-c2ccncc2)nc2c1CCN(Cc1c[nH]c3ccc(F)cc13)C2. The second-order valence-electron chi connectivity index (χ2n) is 7.04. The van der Waals surface area contributed by atoms with Crippen LogP contribution in [0.3, 0.4) is 0 Å². The Morgan fingerprint density at radius 1 is 1.18 bits per heavy atom. The molecule has 7 heteroatoms. The molecule has 1 aliphatic rings. The van der Waals surface area contributed by atoms with Crippen LogP contribution >= 0.6 is 0 Å². The Morgan fingerprint density at radius 2 is 2.04 bits per heavy atom. The summed E-state index contributed by atoms with van der Waals surface area (Å²) in [6, 6.07) is 8.42. The van der Waals surface area contributed by atoms with E-state index >= 15 is 0 Å². The van der Waals surface area contributed by atoms with Gasteiger partial charge in [0.15, 0.2) is 0 Å². The average molecular weight is 375 g/mol. The molecule has 0 atom stereocenters. The largest absolute Gasteiger partial charge is 0.361 e. The van der Waals surface area contributed by atoms with Crippen LogP contribution in [0.15, 0.2) is 53.7 Å². The second-order valence-corrected chi connectivity index (χ2v) is 7.04. The van der Waals surface area contributed by atoms with E-state index in [4.69, 9.17) is 4.98 Å². The van der Waals surface area contributed by atoms with E-state index in [-0.39, 0.29) is 11.4 Å². The molecule has 4 heterocycles. The van der Waals surface area contributed by atoms with E-state index in [0.29, 0.717) is 25.3 Å². The lowest BCUT2D eigenvalue weighted by Gasteiger charge is -2.27. The molecule has 140 valence electrons. The first-order chi connectivity index (χ1) is 13.7. The average Bonchev–Trinajstić information content (AvgIpc) is 3.10. The number of H-pyrrole nitrogens is 2. The zero-order chi connectivity index (χ0) is 19.1. The van der Waals surface area contributed by atoms with Gasteiger partial charge in [0.2, 0.25) is 0 Å². The first-order valence-corrected chi connectivity index (χ1v) is 9.18. The van der Waals surface area contributed by atoms with Crippen LogP contribution in [0.5, 0.6) is 0 Å². The van der Waals surface area contributed by atoms with Gasteiger partial charge >= 0.3 is 0 Å². The summed E-state index contributed by atoms with van der Waals surface area (Å²) in [4.78, 5) is 29.5. The van der Waals surface area contributed by atoms with Crippen LogP contribution < -0.4 is 5.56 Å². The number of rotatable bonds is 3. The lowest BCUT2D eigenvalue weighted by Crippen LogP contribution is -2.35. The van der Waals surface area contributed by atoms with E-state index in [9.17, 15) is 9.18 Å². The van der Waals surface area contributed by atoms with Gasteiger partial charge in [-0.25, -0.2) is 9.37 Å². The van der Waals surface area contributed by atoms with E-state index in [1.807, 2.05) is 18.3 Å². The van der Waals surface area contributed by atoms with Crippen LogP contribution in [0.25, 0.3) is 22.3 Å². The number of fused-ring (bicyclic) bond motifs is 2. The van der Waals surface area contributed by atoms with E-state index in [2.05, 4.69) is 19.9 Å². The molecule has 6 nitrogen and oxygen atoms in total. The normalized spacial score (nSPS) is 14.3. The van der Waals surface area contributed by atoms with Crippen molar-refractivity contribution in [3.8, 4) is 11.4 Å². The van der Waals surface area contributed by atoms with Crippen molar-refractivity contribution in [3.63, 3.8) is 0 Å². The summed E-state index contributed by atoms with van der Waals surface area (Å²) in [6.45, 7) is 2.01. The number of hydrogen-bond acceptors (Lipinski definition) is 4. The Morgan fingerprint density at radius 3 is 2.89 bits per heavy atom. The van der Waals surface area contributed by atoms with Crippen molar-refractivity contribution in [3.05, 3.63) is 81.9 Å². The summed E-state index contributed by atoms with van der Waals surface area (Å²) in [6.07, 6.45) is 5.92. The third kappa shape index (κ3) is 2.99. The van der Waals surface area contributed by atoms with Gasteiger partial charge in [0, 0.05) is 60.3 Å². The summed E-state index contributed by atoms with van der Waals surface area (Å²) >= 11 is 0. The van der Waals surface area contributed by atoms with Gasteiger partial charge in [0.1, 0.15) is 11.6 Å². The summed E-state index contributed by atoms with van der Waals surface area (Å²) < 4.78 is 13.6. The van der Waals surface area contributed by atoms with Crippen LogP contribution in [0.2, 0.25) is 0 Å². The Labute approximate surface area is 160 Å². The Kier molecular flexibility index (Phi) is 4.02. The minimum absolute atomic E-state index is 0.0781. The van der Waals surface area contributed by atoms with Gasteiger partial charge in [-0.1, -0.05) is 0 Å². The highest BCUT2D eigenvalue weighted by Crippen LogP contribution is 2.24. The molecule has 0 aliphatic carbocycles. The maximum atomic E-state index is 13.6. The minimum Gasteiger partial charge on any atom is -0.361 e. The van der Waals surface area contributed by atoms with Crippen molar-refractivity contribution in [1.82, 2.24) is 24.8 Å². The summed E-state index contributed by atoms with van der Waals surface area (Å²) in [7, 11) is 0. The lowest BCUT2D eigenvalue weighted by molar-refractivity contribution is 0.241. The summed E-state index contributed by atoms with van der Waals surface area (Å²) in [5.41, 5.74) is 4.26. The fourth-order valence-electron chi connectivity index (χ4n) is 3.80. The number of halogens is 1. The summed E-state index contributed by atoms with van der Waals surface area (Å²) in [5, 5.41) is 0.891. The third-order valence-electron chi connectivity index (χ3n) is 5.23. The molecule has 0 radical (unpaired) electrons. The van der Waals surface area contributed by atoms with Crippen molar-refractivity contribution in [1.29, 1.82) is 0 Å². The predicted molar refractivity (Wildman–Crippen MR) is 104 cm³/mol. The van der Waals surface area contributed by atoms with E-state index in [0.717, 1.165) is 39.8 Å². The molecule has 0 amide bonds. The van der Waals surface area contributed by atoms with Gasteiger partial charge < -0.3 is 9.97 Å². The van der Waals surface area contributed by atoms with Crippen LogP contribution in [-0.4, -0.2) is 31.4 Å². The molecule has 0 spiro atoms. The highest BCUT2D eigenvalue weighted by Gasteiger charge is 2.22. The molecule has 2 N–H and O–H groups in total. The van der Waals surface area contributed by atoms with Crippen molar-refractivity contribution >= 4 is 10.9 Å². The second kappa shape index (κ2) is 6.69. The lowest BCUT2D eigenvalue weighted by atomic mass is 10.0. The topological polar surface area (TPSA) is 77.7 Å². The van der Waals surface area contributed by atoms with Gasteiger partial charge in [0.25, 0.3) is 5.56 Å². The van der Waals surface area contributed by atoms with E-state index in [1.54, 1.807) is 24.5 Å². The Balaban J connectivity index is 1.45. The Bertz CT molecular complexity index is 1210. The smallest absolute Gasteiger partial charge is 0.254 e. The number of hydrogen-bond donors (Lipinski definition) is 2. The molecule has 1 aromatic carbocycles.